The van der Waals surface area contributed by atoms with Crippen molar-refractivity contribution >= 4 is 27.5 Å². The Hall–Kier alpha value is -1.03. The van der Waals surface area contributed by atoms with Crippen LogP contribution in [0.1, 0.15) is 6.92 Å². The van der Waals surface area contributed by atoms with Crippen LogP contribution in [0.3, 0.4) is 0 Å². The van der Waals surface area contributed by atoms with Crippen LogP contribution < -0.4 is 9.64 Å². The number of amides is 1. The van der Waals surface area contributed by atoms with E-state index in [2.05, 4.69) is 15.9 Å². The van der Waals surface area contributed by atoms with Crippen LogP contribution >= 0.6 is 15.9 Å². The van der Waals surface area contributed by atoms with E-state index in [1.165, 1.54) is 0 Å². The lowest BCUT2D eigenvalue weighted by atomic mass is 10.2. The van der Waals surface area contributed by atoms with Gasteiger partial charge in [0.2, 0.25) is 0 Å². The van der Waals surface area contributed by atoms with Gasteiger partial charge in [0.15, 0.2) is 11.9 Å². The molecule has 0 aromatic heterocycles. The van der Waals surface area contributed by atoms with Crippen molar-refractivity contribution in [1.29, 1.82) is 0 Å². The zero-order chi connectivity index (χ0) is 10.3. The quantitative estimate of drug-likeness (QED) is 0.712. The molecular weight excluding hydrogens is 246 g/mol. The molecule has 1 aromatic rings. The average Bonchev–Trinajstić information content (AvgIpc) is 2.17. The number of para-hydroxylation sites is 1. The van der Waals surface area contributed by atoms with Crippen molar-refractivity contribution in [3.05, 3.63) is 22.7 Å². The standard InChI is InChI=1S/C10H10BrNO2/c1-6-10(13)12(2)8-5-3-4-7(11)9(8)14-6/h3-6H,1-2H3. The zero-order valence-electron chi connectivity index (χ0n) is 7.95. The maximum absolute atomic E-state index is 11.6. The number of hydrogen-bond donors (Lipinski definition) is 0. The van der Waals surface area contributed by atoms with Crippen LogP contribution in [0.2, 0.25) is 0 Å². The molecule has 1 unspecified atom stereocenters. The fraction of sp³-hybridized carbons (Fsp3) is 0.300. The normalized spacial score (nSPS) is 20.4. The molecule has 1 atom stereocenters. The second-order valence-electron chi connectivity index (χ2n) is 3.25. The SMILES string of the molecule is CC1Oc2c(Br)cccc2N(C)C1=O. The molecule has 1 aromatic carbocycles. The number of carbonyl (C=O) groups is 1. The minimum absolute atomic E-state index is 0.0180. The summed E-state index contributed by atoms with van der Waals surface area (Å²) in [7, 11) is 1.76. The lowest BCUT2D eigenvalue weighted by Gasteiger charge is -2.30. The van der Waals surface area contributed by atoms with Gasteiger partial charge in [-0.05, 0) is 35.0 Å². The Balaban J connectivity index is 2.56. The number of carbonyl (C=O) groups excluding carboxylic acids is 1. The fourth-order valence-electron chi connectivity index (χ4n) is 1.50. The van der Waals surface area contributed by atoms with E-state index < -0.39 is 6.10 Å². The second-order valence-corrected chi connectivity index (χ2v) is 4.10. The summed E-state index contributed by atoms with van der Waals surface area (Å²) in [6.45, 7) is 1.75. The molecule has 1 heterocycles. The van der Waals surface area contributed by atoms with Gasteiger partial charge in [-0.15, -0.1) is 0 Å². The van der Waals surface area contributed by atoms with Crippen LogP contribution in [0.4, 0.5) is 5.69 Å². The molecule has 0 radical (unpaired) electrons. The van der Waals surface area contributed by atoms with Gasteiger partial charge in [0.25, 0.3) is 5.91 Å². The summed E-state index contributed by atoms with van der Waals surface area (Å²) >= 11 is 3.39. The summed E-state index contributed by atoms with van der Waals surface area (Å²) in [5, 5.41) is 0. The molecule has 0 spiro atoms. The molecular formula is C10H10BrNO2. The van der Waals surface area contributed by atoms with Crippen LogP contribution in [-0.4, -0.2) is 19.1 Å². The summed E-state index contributed by atoms with van der Waals surface area (Å²) in [5.41, 5.74) is 0.808. The van der Waals surface area contributed by atoms with Crippen LogP contribution in [-0.2, 0) is 4.79 Å². The first kappa shape index (κ1) is 9.52. The first-order valence-electron chi connectivity index (χ1n) is 4.34. The Bertz CT molecular complexity index is 392. The van der Waals surface area contributed by atoms with Crippen molar-refractivity contribution in [3.63, 3.8) is 0 Å². The largest absolute Gasteiger partial charge is 0.477 e. The number of halogens is 1. The van der Waals surface area contributed by atoms with Crippen molar-refractivity contribution in [3.8, 4) is 5.75 Å². The van der Waals surface area contributed by atoms with Gasteiger partial charge in [-0.3, -0.25) is 4.79 Å². The van der Waals surface area contributed by atoms with E-state index in [0.29, 0.717) is 0 Å². The maximum atomic E-state index is 11.6. The topological polar surface area (TPSA) is 29.5 Å². The van der Waals surface area contributed by atoms with Gasteiger partial charge in [-0.2, -0.15) is 0 Å². The highest BCUT2D eigenvalue weighted by Gasteiger charge is 2.29. The van der Waals surface area contributed by atoms with Crippen molar-refractivity contribution in [2.45, 2.75) is 13.0 Å². The van der Waals surface area contributed by atoms with E-state index in [0.717, 1.165) is 15.9 Å². The molecule has 0 N–H and O–H groups in total. The highest BCUT2D eigenvalue weighted by molar-refractivity contribution is 9.10. The Morgan fingerprint density at radius 3 is 2.93 bits per heavy atom. The Morgan fingerprint density at radius 1 is 1.50 bits per heavy atom. The van der Waals surface area contributed by atoms with Gasteiger partial charge >= 0.3 is 0 Å². The molecule has 0 bridgehead atoms. The Labute approximate surface area is 90.8 Å². The first-order valence-corrected chi connectivity index (χ1v) is 5.13. The third-order valence-electron chi connectivity index (χ3n) is 2.28. The lowest BCUT2D eigenvalue weighted by Crippen LogP contribution is -2.42. The summed E-state index contributed by atoms with van der Waals surface area (Å²) in [4.78, 5) is 13.2. The molecule has 1 amide bonds. The van der Waals surface area contributed by atoms with Crippen molar-refractivity contribution in [2.75, 3.05) is 11.9 Å². The van der Waals surface area contributed by atoms with E-state index >= 15 is 0 Å². The molecule has 0 saturated carbocycles. The summed E-state index contributed by atoms with van der Waals surface area (Å²) in [5.74, 6) is 0.720. The molecule has 1 aliphatic rings. The Kier molecular flexibility index (Phi) is 2.23. The van der Waals surface area contributed by atoms with Crippen LogP contribution in [0.25, 0.3) is 0 Å². The minimum atomic E-state index is -0.411. The zero-order valence-corrected chi connectivity index (χ0v) is 9.54. The third kappa shape index (κ3) is 1.30. The summed E-state index contributed by atoms with van der Waals surface area (Å²) in [6.07, 6.45) is -0.411. The average molecular weight is 256 g/mol. The van der Waals surface area contributed by atoms with Gasteiger partial charge in [-0.25, -0.2) is 0 Å². The molecule has 0 fully saturated rings. The number of likely N-dealkylation sites (N-methyl/N-ethyl adjacent to an activating group) is 1. The smallest absolute Gasteiger partial charge is 0.267 e. The van der Waals surface area contributed by atoms with Gasteiger partial charge < -0.3 is 9.64 Å². The number of rotatable bonds is 0. The van der Waals surface area contributed by atoms with E-state index in [-0.39, 0.29) is 5.91 Å². The highest BCUT2D eigenvalue weighted by Crippen LogP contribution is 2.38. The summed E-state index contributed by atoms with van der Waals surface area (Å²) in [6, 6.07) is 5.64. The molecule has 0 saturated heterocycles. The summed E-state index contributed by atoms with van der Waals surface area (Å²) < 4.78 is 6.38. The molecule has 4 heteroatoms. The van der Waals surface area contributed by atoms with Gasteiger partial charge in [0, 0.05) is 7.05 Å². The molecule has 1 aliphatic heterocycles. The van der Waals surface area contributed by atoms with Crippen LogP contribution in [0.15, 0.2) is 22.7 Å². The number of fused-ring (bicyclic) bond motifs is 1. The number of benzene rings is 1. The minimum Gasteiger partial charge on any atom is -0.477 e. The predicted molar refractivity (Wildman–Crippen MR) is 57.6 cm³/mol. The van der Waals surface area contributed by atoms with Crippen LogP contribution in [0.5, 0.6) is 5.75 Å². The molecule has 0 aliphatic carbocycles. The van der Waals surface area contributed by atoms with E-state index in [1.54, 1.807) is 18.9 Å². The Morgan fingerprint density at radius 2 is 2.21 bits per heavy atom. The lowest BCUT2D eigenvalue weighted by molar-refractivity contribution is -0.125. The maximum Gasteiger partial charge on any atom is 0.267 e. The molecule has 2 rings (SSSR count). The van der Waals surface area contributed by atoms with Crippen molar-refractivity contribution in [1.82, 2.24) is 0 Å². The number of nitrogens with zero attached hydrogens (tertiary/aromatic N) is 1. The van der Waals surface area contributed by atoms with Crippen molar-refractivity contribution in [2.24, 2.45) is 0 Å². The molecule has 14 heavy (non-hydrogen) atoms. The van der Waals surface area contributed by atoms with Gasteiger partial charge in [0.1, 0.15) is 0 Å². The highest BCUT2D eigenvalue weighted by atomic mass is 79.9. The molecule has 3 nitrogen and oxygen atoms in total. The second kappa shape index (κ2) is 3.28. The monoisotopic (exact) mass is 255 g/mol. The van der Waals surface area contributed by atoms with E-state index in [4.69, 9.17) is 4.74 Å². The van der Waals surface area contributed by atoms with Gasteiger partial charge in [0.05, 0.1) is 10.2 Å². The van der Waals surface area contributed by atoms with Crippen LogP contribution in [0, 0.1) is 0 Å². The van der Waals surface area contributed by atoms with E-state index in [9.17, 15) is 4.79 Å². The van der Waals surface area contributed by atoms with E-state index in [1.807, 2.05) is 18.2 Å². The number of ether oxygens (including phenoxy) is 1. The van der Waals surface area contributed by atoms with Crippen molar-refractivity contribution < 1.29 is 9.53 Å². The number of hydrogen-bond acceptors (Lipinski definition) is 2. The molecule has 74 valence electrons. The first-order chi connectivity index (χ1) is 6.61. The fourth-order valence-corrected chi connectivity index (χ4v) is 1.95. The third-order valence-corrected chi connectivity index (χ3v) is 2.90. The van der Waals surface area contributed by atoms with Gasteiger partial charge in [-0.1, -0.05) is 6.07 Å². The predicted octanol–water partition coefficient (Wildman–Crippen LogP) is 2.19. The number of anilines is 1.